The van der Waals surface area contributed by atoms with Crippen molar-refractivity contribution in [1.82, 2.24) is 10.2 Å². The van der Waals surface area contributed by atoms with E-state index in [1.165, 1.54) is 0 Å². The summed E-state index contributed by atoms with van der Waals surface area (Å²) in [5.74, 6) is 0.477. The average Bonchev–Trinajstić information content (AvgIpc) is 2.42. The summed E-state index contributed by atoms with van der Waals surface area (Å²) in [5.41, 5.74) is -0.426. The summed E-state index contributed by atoms with van der Waals surface area (Å²) in [4.78, 5) is 26.4. The molecule has 0 aromatic carbocycles. The fourth-order valence-corrected chi connectivity index (χ4v) is 2.84. The summed E-state index contributed by atoms with van der Waals surface area (Å²) < 4.78 is 0. The maximum absolute atomic E-state index is 12.3. The number of nitrogens with one attached hydrogen (secondary N) is 1. The van der Waals surface area contributed by atoms with Crippen LogP contribution in [0.3, 0.4) is 0 Å². The minimum absolute atomic E-state index is 0.00636. The van der Waals surface area contributed by atoms with Gasteiger partial charge in [0.2, 0.25) is 11.8 Å². The van der Waals surface area contributed by atoms with E-state index in [1.807, 2.05) is 39.5 Å². The molecular formula is C17H32N2O3. The van der Waals surface area contributed by atoms with Gasteiger partial charge < -0.3 is 15.3 Å². The summed E-state index contributed by atoms with van der Waals surface area (Å²) in [6.45, 7) is 11.0. The molecule has 5 nitrogen and oxygen atoms in total. The Hall–Kier alpha value is -1.10. The molecule has 0 aromatic heterocycles. The molecule has 22 heavy (non-hydrogen) atoms. The lowest BCUT2D eigenvalue weighted by Crippen LogP contribution is -2.55. The van der Waals surface area contributed by atoms with E-state index in [9.17, 15) is 9.59 Å². The van der Waals surface area contributed by atoms with Gasteiger partial charge in [-0.25, -0.2) is 0 Å². The first-order chi connectivity index (χ1) is 10.1. The van der Waals surface area contributed by atoms with Gasteiger partial charge in [0.25, 0.3) is 0 Å². The van der Waals surface area contributed by atoms with Crippen molar-refractivity contribution in [2.24, 2.45) is 17.3 Å². The highest BCUT2D eigenvalue weighted by atomic mass is 16.3. The molecule has 0 bridgehead atoms. The third-order valence-electron chi connectivity index (χ3n) is 4.13. The maximum Gasteiger partial charge on any atom is 0.225 e. The van der Waals surface area contributed by atoms with Crippen LogP contribution in [0.1, 0.15) is 53.9 Å². The van der Waals surface area contributed by atoms with Gasteiger partial charge in [0, 0.05) is 37.1 Å². The SMILES string of the molecule is CC(C)C(=O)N1CC(CCCO)CC(NC(=O)C(C)(C)C)C1. The van der Waals surface area contributed by atoms with Crippen molar-refractivity contribution in [3.8, 4) is 0 Å². The number of carbonyl (C=O) groups is 2. The maximum atomic E-state index is 12.3. The first-order valence-corrected chi connectivity index (χ1v) is 8.35. The van der Waals surface area contributed by atoms with Crippen LogP contribution >= 0.6 is 0 Å². The molecule has 0 aromatic rings. The Morgan fingerprint density at radius 3 is 2.41 bits per heavy atom. The number of amides is 2. The minimum Gasteiger partial charge on any atom is -0.396 e. The molecule has 0 radical (unpaired) electrons. The van der Waals surface area contributed by atoms with E-state index in [0.29, 0.717) is 12.5 Å². The van der Waals surface area contributed by atoms with E-state index in [2.05, 4.69) is 5.32 Å². The van der Waals surface area contributed by atoms with Crippen molar-refractivity contribution in [1.29, 1.82) is 0 Å². The van der Waals surface area contributed by atoms with Crippen molar-refractivity contribution in [3.05, 3.63) is 0 Å². The standard InChI is InChI=1S/C17H32N2O3/c1-12(2)15(21)19-10-13(7-6-8-20)9-14(11-19)18-16(22)17(3,4)5/h12-14,20H,6-11H2,1-5H3,(H,18,22). The third kappa shape index (κ3) is 5.59. The number of rotatable bonds is 5. The third-order valence-corrected chi connectivity index (χ3v) is 4.13. The molecule has 0 aliphatic carbocycles. The Labute approximate surface area is 134 Å². The van der Waals surface area contributed by atoms with E-state index in [1.54, 1.807) is 0 Å². The molecule has 0 saturated carbocycles. The van der Waals surface area contributed by atoms with Crippen LogP contribution in [-0.2, 0) is 9.59 Å². The Balaban J connectivity index is 2.74. The predicted molar refractivity (Wildman–Crippen MR) is 87.2 cm³/mol. The van der Waals surface area contributed by atoms with Gasteiger partial charge in [0.1, 0.15) is 0 Å². The van der Waals surface area contributed by atoms with E-state index >= 15 is 0 Å². The fourth-order valence-electron chi connectivity index (χ4n) is 2.84. The Bertz CT molecular complexity index is 388. The molecule has 1 saturated heterocycles. The molecule has 2 N–H and O–H groups in total. The number of hydrogen-bond donors (Lipinski definition) is 2. The number of hydrogen-bond acceptors (Lipinski definition) is 3. The lowest BCUT2D eigenvalue weighted by atomic mass is 9.88. The molecule has 1 rings (SSSR count). The molecule has 2 atom stereocenters. The predicted octanol–water partition coefficient (Wildman–Crippen LogP) is 1.79. The van der Waals surface area contributed by atoms with Crippen molar-refractivity contribution >= 4 is 11.8 Å². The number of aliphatic hydroxyl groups is 1. The van der Waals surface area contributed by atoms with Crippen LogP contribution in [0.5, 0.6) is 0 Å². The lowest BCUT2D eigenvalue weighted by molar-refractivity contribution is -0.138. The summed E-state index contributed by atoms with van der Waals surface area (Å²) in [6.07, 6.45) is 2.51. The highest BCUT2D eigenvalue weighted by Crippen LogP contribution is 2.24. The number of aliphatic hydroxyl groups excluding tert-OH is 1. The molecule has 1 aliphatic rings. The van der Waals surface area contributed by atoms with E-state index in [-0.39, 0.29) is 30.4 Å². The Kier molecular flexibility index (Phi) is 6.85. The van der Waals surface area contributed by atoms with Crippen molar-refractivity contribution in [3.63, 3.8) is 0 Å². The molecule has 1 fully saturated rings. The second-order valence-corrected chi connectivity index (χ2v) is 7.79. The second kappa shape index (κ2) is 7.95. The van der Waals surface area contributed by atoms with Crippen LogP contribution in [-0.4, -0.2) is 47.6 Å². The van der Waals surface area contributed by atoms with Crippen molar-refractivity contribution < 1.29 is 14.7 Å². The highest BCUT2D eigenvalue weighted by Gasteiger charge is 2.33. The Morgan fingerprint density at radius 2 is 1.91 bits per heavy atom. The van der Waals surface area contributed by atoms with Gasteiger partial charge in [-0.05, 0) is 25.2 Å². The van der Waals surface area contributed by atoms with Crippen LogP contribution < -0.4 is 5.32 Å². The smallest absolute Gasteiger partial charge is 0.225 e. The second-order valence-electron chi connectivity index (χ2n) is 7.79. The molecule has 1 aliphatic heterocycles. The van der Waals surface area contributed by atoms with Gasteiger partial charge in [-0.2, -0.15) is 0 Å². The molecule has 5 heteroatoms. The number of carbonyl (C=O) groups excluding carboxylic acids is 2. The quantitative estimate of drug-likeness (QED) is 0.813. The lowest BCUT2D eigenvalue weighted by Gasteiger charge is -2.39. The van der Waals surface area contributed by atoms with Crippen LogP contribution in [0, 0.1) is 17.3 Å². The van der Waals surface area contributed by atoms with Gasteiger partial charge in [0.05, 0.1) is 0 Å². The van der Waals surface area contributed by atoms with Crippen molar-refractivity contribution in [2.75, 3.05) is 19.7 Å². The molecule has 0 spiro atoms. The van der Waals surface area contributed by atoms with Gasteiger partial charge in [-0.3, -0.25) is 9.59 Å². The minimum atomic E-state index is -0.426. The van der Waals surface area contributed by atoms with E-state index in [4.69, 9.17) is 5.11 Å². The largest absolute Gasteiger partial charge is 0.396 e. The monoisotopic (exact) mass is 312 g/mol. The van der Waals surface area contributed by atoms with Gasteiger partial charge >= 0.3 is 0 Å². The fraction of sp³-hybridized carbons (Fsp3) is 0.882. The van der Waals surface area contributed by atoms with E-state index < -0.39 is 5.41 Å². The zero-order chi connectivity index (χ0) is 16.9. The van der Waals surface area contributed by atoms with Crippen LogP contribution in [0.25, 0.3) is 0 Å². The molecule has 1 heterocycles. The van der Waals surface area contributed by atoms with Gasteiger partial charge in [-0.1, -0.05) is 34.6 Å². The van der Waals surface area contributed by atoms with Crippen LogP contribution in [0.2, 0.25) is 0 Å². The molecule has 128 valence electrons. The molecular weight excluding hydrogens is 280 g/mol. The molecule has 2 unspecified atom stereocenters. The van der Waals surface area contributed by atoms with Crippen LogP contribution in [0.4, 0.5) is 0 Å². The van der Waals surface area contributed by atoms with E-state index in [0.717, 1.165) is 25.8 Å². The summed E-state index contributed by atoms with van der Waals surface area (Å²) in [7, 11) is 0. The number of piperidine rings is 1. The highest BCUT2D eigenvalue weighted by molar-refractivity contribution is 5.82. The average molecular weight is 312 g/mol. The zero-order valence-corrected chi connectivity index (χ0v) is 14.7. The topological polar surface area (TPSA) is 69.6 Å². The Morgan fingerprint density at radius 1 is 1.27 bits per heavy atom. The summed E-state index contributed by atoms with van der Waals surface area (Å²) >= 11 is 0. The zero-order valence-electron chi connectivity index (χ0n) is 14.7. The van der Waals surface area contributed by atoms with Gasteiger partial charge in [-0.15, -0.1) is 0 Å². The summed E-state index contributed by atoms with van der Waals surface area (Å²) in [6, 6.07) is 0.00636. The first-order valence-electron chi connectivity index (χ1n) is 8.35. The number of nitrogens with zero attached hydrogens (tertiary/aromatic N) is 1. The van der Waals surface area contributed by atoms with Crippen LogP contribution in [0.15, 0.2) is 0 Å². The van der Waals surface area contributed by atoms with Crippen molar-refractivity contribution in [2.45, 2.75) is 59.9 Å². The summed E-state index contributed by atoms with van der Waals surface area (Å²) in [5, 5.41) is 12.1. The molecule has 2 amide bonds. The first kappa shape index (κ1) is 18.9. The van der Waals surface area contributed by atoms with Gasteiger partial charge in [0.15, 0.2) is 0 Å². The normalized spacial score (nSPS) is 22.8. The number of likely N-dealkylation sites (tertiary alicyclic amines) is 1.